The lowest BCUT2D eigenvalue weighted by Crippen LogP contribution is -2.25. The molecule has 0 aliphatic carbocycles. The highest BCUT2D eigenvalue weighted by molar-refractivity contribution is 7.93. The summed E-state index contributed by atoms with van der Waals surface area (Å²) in [6.45, 7) is 12.3. The molecule has 0 saturated heterocycles. The maximum Gasteiger partial charge on any atom is 0.261 e. The van der Waals surface area contributed by atoms with E-state index in [0.29, 0.717) is 11.4 Å². The summed E-state index contributed by atoms with van der Waals surface area (Å²) in [7, 11) is -7.58. The Morgan fingerprint density at radius 3 is 0.929 bits per heavy atom. The van der Waals surface area contributed by atoms with Gasteiger partial charge in [0.1, 0.15) is 0 Å². The molecule has 0 heterocycles. The number of anilines is 4. The SMILES string of the molecule is CC(C)(C)Nc1ccc(NS(=O)(=O)c2ccc(-c3ccc(S(=O)(=O)Nc4ccc(NC(C)(C)C)cc4)cc3)cc2)cc1. The monoisotopic (exact) mass is 606 g/mol. The number of nitrogens with one attached hydrogen (secondary N) is 4. The molecular formula is C32H38N4O4S2. The Labute approximate surface area is 249 Å². The molecule has 4 aromatic rings. The number of rotatable bonds is 9. The van der Waals surface area contributed by atoms with Crippen molar-refractivity contribution < 1.29 is 16.8 Å². The van der Waals surface area contributed by atoms with E-state index < -0.39 is 20.0 Å². The van der Waals surface area contributed by atoms with Gasteiger partial charge in [-0.05, 0) is 125 Å². The third-order valence-electron chi connectivity index (χ3n) is 5.98. The first-order chi connectivity index (χ1) is 19.5. The van der Waals surface area contributed by atoms with Crippen LogP contribution in [-0.2, 0) is 20.0 Å². The topological polar surface area (TPSA) is 116 Å². The van der Waals surface area contributed by atoms with E-state index in [-0.39, 0.29) is 20.9 Å². The van der Waals surface area contributed by atoms with Gasteiger partial charge in [0.05, 0.1) is 9.79 Å². The molecule has 0 aliphatic heterocycles. The molecule has 0 saturated carbocycles. The Hall–Kier alpha value is -4.02. The molecule has 10 heteroatoms. The van der Waals surface area contributed by atoms with E-state index in [2.05, 4.69) is 20.1 Å². The van der Waals surface area contributed by atoms with Crippen LogP contribution in [0.5, 0.6) is 0 Å². The van der Waals surface area contributed by atoms with Crippen LogP contribution in [0.2, 0.25) is 0 Å². The number of hydrogen-bond acceptors (Lipinski definition) is 6. The Morgan fingerprint density at radius 2 is 0.667 bits per heavy atom. The molecule has 0 aliphatic rings. The van der Waals surface area contributed by atoms with Crippen LogP contribution < -0.4 is 20.1 Å². The highest BCUT2D eigenvalue weighted by atomic mass is 32.2. The predicted molar refractivity (Wildman–Crippen MR) is 173 cm³/mol. The van der Waals surface area contributed by atoms with Crippen LogP contribution in [0, 0.1) is 0 Å². The zero-order valence-electron chi connectivity index (χ0n) is 24.7. The highest BCUT2D eigenvalue weighted by Gasteiger charge is 2.17. The maximum absolute atomic E-state index is 12.9. The van der Waals surface area contributed by atoms with Crippen molar-refractivity contribution >= 4 is 42.8 Å². The second kappa shape index (κ2) is 11.7. The summed E-state index contributed by atoms with van der Waals surface area (Å²) in [6, 6.07) is 27.0. The largest absolute Gasteiger partial charge is 0.380 e. The number of hydrogen-bond donors (Lipinski definition) is 4. The average molecular weight is 607 g/mol. The minimum absolute atomic E-state index is 0.106. The molecule has 42 heavy (non-hydrogen) atoms. The van der Waals surface area contributed by atoms with Gasteiger partial charge in [0.25, 0.3) is 20.0 Å². The standard InChI is InChI=1S/C32H38N4O4S2/c1-31(2,3)33-25-11-15-27(16-12-25)35-41(37,38)29-19-7-23(8-20-29)24-9-21-30(22-10-24)42(39,40)36-28-17-13-26(14-18-28)34-32(4,5)6/h7-22,33-36H,1-6H3. The average Bonchev–Trinajstić information content (AvgIpc) is 2.89. The lowest BCUT2D eigenvalue weighted by Gasteiger charge is -2.22. The predicted octanol–water partition coefficient (Wildman–Crippen LogP) is 7.38. The first-order valence-electron chi connectivity index (χ1n) is 13.5. The smallest absolute Gasteiger partial charge is 0.261 e. The van der Waals surface area contributed by atoms with Crippen LogP contribution in [0.4, 0.5) is 22.7 Å². The lowest BCUT2D eigenvalue weighted by atomic mass is 10.1. The molecule has 4 rings (SSSR count). The van der Waals surface area contributed by atoms with Crippen molar-refractivity contribution in [1.82, 2.24) is 0 Å². The summed E-state index contributed by atoms with van der Waals surface area (Å²) in [5.74, 6) is 0. The second-order valence-corrected chi connectivity index (χ2v) is 15.5. The van der Waals surface area contributed by atoms with Gasteiger partial charge < -0.3 is 10.6 Å². The minimum Gasteiger partial charge on any atom is -0.380 e. The molecule has 0 atom stereocenters. The molecule has 0 unspecified atom stereocenters. The van der Waals surface area contributed by atoms with Crippen molar-refractivity contribution in [3.8, 4) is 11.1 Å². The van der Waals surface area contributed by atoms with Crippen molar-refractivity contribution in [3.05, 3.63) is 97.1 Å². The molecule has 0 fully saturated rings. The normalized spacial score (nSPS) is 12.4. The Kier molecular flexibility index (Phi) is 8.61. The van der Waals surface area contributed by atoms with Crippen LogP contribution in [0.3, 0.4) is 0 Å². The summed E-state index contributed by atoms with van der Waals surface area (Å²) in [6.07, 6.45) is 0. The minimum atomic E-state index is -3.79. The van der Waals surface area contributed by atoms with Crippen molar-refractivity contribution in [2.24, 2.45) is 0 Å². The summed E-state index contributed by atoms with van der Waals surface area (Å²) >= 11 is 0. The fourth-order valence-corrected chi connectivity index (χ4v) is 6.31. The zero-order valence-corrected chi connectivity index (χ0v) is 26.3. The molecule has 4 N–H and O–H groups in total. The molecule has 4 aromatic carbocycles. The van der Waals surface area contributed by atoms with Crippen molar-refractivity contribution in [1.29, 1.82) is 0 Å². The molecule has 0 bridgehead atoms. The van der Waals surface area contributed by atoms with Crippen molar-refractivity contribution in [2.75, 3.05) is 20.1 Å². The second-order valence-electron chi connectivity index (χ2n) is 12.2. The fourth-order valence-electron chi connectivity index (χ4n) is 4.19. The Morgan fingerprint density at radius 1 is 0.405 bits per heavy atom. The van der Waals surface area contributed by atoms with Gasteiger partial charge in [-0.25, -0.2) is 16.8 Å². The molecule has 0 aromatic heterocycles. The van der Waals surface area contributed by atoms with E-state index in [1.54, 1.807) is 48.5 Å². The first kappa shape index (κ1) is 30.9. The Balaban J connectivity index is 1.42. The van der Waals surface area contributed by atoms with E-state index in [4.69, 9.17) is 0 Å². The van der Waals surface area contributed by atoms with E-state index in [9.17, 15) is 16.8 Å². The Bertz CT molecular complexity index is 1590. The van der Waals surface area contributed by atoms with Crippen LogP contribution in [0.25, 0.3) is 11.1 Å². The third kappa shape index (κ3) is 8.50. The molecule has 222 valence electrons. The summed E-state index contributed by atoms with van der Waals surface area (Å²) in [5.41, 5.74) is 4.01. The number of benzene rings is 4. The van der Waals surface area contributed by atoms with Crippen molar-refractivity contribution in [2.45, 2.75) is 62.4 Å². The molecule has 0 amide bonds. The first-order valence-corrected chi connectivity index (χ1v) is 16.5. The molecule has 8 nitrogen and oxygen atoms in total. The van der Waals surface area contributed by atoms with Gasteiger partial charge >= 0.3 is 0 Å². The van der Waals surface area contributed by atoms with Crippen LogP contribution >= 0.6 is 0 Å². The van der Waals surface area contributed by atoms with Gasteiger partial charge in [-0.15, -0.1) is 0 Å². The van der Waals surface area contributed by atoms with Gasteiger partial charge in [-0.1, -0.05) is 24.3 Å². The number of sulfonamides is 2. The quantitative estimate of drug-likeness (QED) is 0.158. The van der Waals surface area contributed by atoms with Gasteiger partial charge in [-0.3, -0.25) is 9.44 Å². The van der Waals surface area contributed by atoms with Crippen LogP contribution in [0.15, 0.2) is 107 Å². The highest BCUT2D eigenvalue weighted by Crippen LogP contribution is 2.26. The van der Waals surface area contributed by atoms with Crippen LogP contribution in [-0.4, -0.2) is 27.9 Å². The van der Waals surface area contributed by atoms with Gasteiger partial charge in [0.15, 0.2) is 0 Å². The molecule has 0 spiro atoms. The fraction of sp³-hybridized carbons (Fsp3) is 0.250. The molecule has 0 radical (unpaired) electrons. The van der Waals surface area contributed by atoms with Gasteiger partial charge in [-0.2, -0.15) is 0 Å². The van der Waals surface area contributed by atoms with Crippen LogP contribution in [0.1, 0.15) is 41.5 Å². The van der Waals surface area contributed by atoms with Gasteiger partial charge in [0.2, 0.25) is 0 Å². The van der Waals surface area contributed by atoms with E-state index in [1.165, 1.54) is 24.3 Å². The van der Waals surface area contributed by atoms with Crippen molar-refractivity contribution in [3.63, 3.8) is 0 Å². The summed E-state index contributed by atoms with van der Waals surface area (Å²) in [5, 5.41) is 6.68. The summed E-state index contributed by atoms with van der Waals surface area (Å²) < 4.78 is 57.0. The molecular weight excluding hydrogens is 569 g/mol. The zero-order chi connectivity index (χ0) is 30.8. The maximum atomic E-state index is 12.9. The lowest BCUT2D eigenvalue weighted by molar-refractivity contribution is 0.599. The summed E-state index contributed by atoms with van der Waals surface area (Å²) in [4.78, 5) is 0.241. The third-order valence-corrected chi connectivity index (χ3v) is 8.77. The van der Waals surface area contributed by atoms with E-state index >= 15 is 0 Å². The van der Waals surface area contributed by atoms with E-state index in [1.807, 2.05) is 65.8 Å². The van der Waals surface area contributed by atoms with Gasteiger partial charge in [0, 0.05) is 33.8 Å². The van der Waals surface area contributed by atoms with E-state index in [0.717, 1.165) is 22.5 Å².